The molecule has 4 nitrogen and oxygen atoms in total. The van der Waals surface area contributed by atoms with Crippen LogP contribution in [0.5, 0.6) is 0 Å². The van der Waals surface area contributed by atoms with Gasteiger partial charge in [-0.3, -0.25) is 9.63 Å². The van der Waals surface area contributed by atoms with E-state index in [2.05, 4.69) is 5.48 Å². The van der Waals surface area contributed by atoms with Crippen LogP contribution in [-0.4, -0.2) is 12.5 Å². The molecular weight excluding hydrogens is 199 g/mol. The number of carbonyl (C=O) groups excluding carboxylic acids is 1. The second kappa shape index (κ2) is 5.43. The van der Waals surface area contributed by atoms with Gasteiger partial charge in [0.2, 0.25) is 5.91 Å². The van der Waals surface area contributed by atoms with E-state index >= 15 is 0 Å². The second-order valence-corrected chi connectivity index (χ2v) is 3.15. The molecule has 0 heterocycles. The summed E-state index contributed by atoms with van der Waals surface area (Å²) in [5.74, 6) is -0.835. The molecule has 0 radical (unpaired) electrons. The maximum Gasteiger partial charge on any atom is 0.245 e. The van der Waals surface area contributed by atoms with Crippen molar-refractivity contribution in [1.82, 2.24) is 5.48 Å². The molecule has 1 unspecified atom stereocenters. The lowest BCUT2D eigenvalue weighted by Crippen LogP contribution is -2.26. The Morgan fingerprint density at radius 2 is 2.13 bits per heavy atom. The maximum absolute atomic E-state index is 12.6. The van der Waals surface area contributed by atoms with E-state index in [9.17, 15) is 9.18 Å². The minimum Gasteiger partial charge on any atom is -0.368 e. The molecule has 1 rings (SSSR count). The zero-order valence-corrected chi connectivity index (χ0v) is 8.37. The first-order valence-corrected chi connectivity index (χ1v) is 4.50. The van der Waals surface area contributed by atoms with Crippen molar-refractivity contribution in [2.75, 3.05) is 6.61 Å². The summed E-state index contributed by atoms with van der Waals surface area (Å²) < 4.78 is 12.6. The van der Waals surface area contributed by atoms with Crippen molar-refractivity contribution < 1.29 is 14.0 Å². The van der Waals surface area contributed by atoms with Crippen LogP contribution in [0.25, 0.3) is 0 Å². The Kier molecular flexibility index (Phi) is 4.20. The molecule has 0 aromatic heterocycles. The number of amides is 1. The van der Waals surface area contributed by atoms with Crippen LogP contribution < -0.4 is 11.2 Å². The normalized spacial score (nSPS) is 12.4. The molecule has 0 fully saturated rings. The largest absolute Gasteiger partial charge is 0.368 e. The molecule has 5 heteroatoms. The monoisotopic (exact) mass is 212 g/mol. The smallest absolute Gasteiger partial charge is 0.245 e. The van der Waals surface area contributed by atoms with E-state index in [4.69, 9.17) is 10.6 Å². The summed E-state index contributed by atoms with van der Waals surface area (Å²) in [5, 5.41) is 0. The van der Waals surface area contributed by atoms with Gasteiger partial charge in [0.15, 0.2) is 0 Å². The molecule has 0 bridgehead atoms. The molecule has 0 aliphatic heterocycles. The predicted molar refractivity (Wildman–Crippen MR) is 53.1 cm³/mol. The van der Waals surface area contributed by atoms with Crippen molar-refractivity contribution in [2.24, 2.45) is 5.73 Å². The van der Waals surface area contributed by atoms with Gasteiger partial charge in [0.05, 0.1) is 6.04 Å². The molecule has 82 valence electrons. The highest BCUT2D eigenvalue weighted by Gasteiger charge is 2.05. The molecule has 15 heavy (non-hydrogen) atoms. The van der Waals surface area contributed by atoms with Gasteiger partial charge in [0.1, 0.15) is 12.4 Å². The second-order valence-electron chi connectivity index (χ2n) is 3.15. The summed E-state index contributed by atoms with van der Waals surface area (Å²) >= 11 is 0. The van der Waals surface area contributed by atoms with E-state index in [1.807, 2.05) is 6.92 Å². The number of hydrogen-bond acceptors (Lipinski definition) is 3. The number of hydrogen-bond donors (Lipinski definition) is 2. The molecule has 1 amide bonds. The van der Waals surface area contributed by atoms with Gasteiger partial charge in [-0.2, -0.15) is 5.48 Å². The van der Waals surface area contributed by atoms with Gasteiger partial charge in [0.25, 0.3) is 0 Å². The summed E-state index contributed by atoms with van der Waals surface area (Å²) in [6.45, 7) is 1.64. The minimum atomic E-state index is -0.547. The van der Waals surface area contributed by atoms with Crippen LogP contribution in [0.2, 0.25) is 0 Å². The molecule has 0 spiro atoms. The molecule has 1 atom stereocenters. The van der Waals surface area contributed by atoms with Crippen LogP contribution in [0.3, 0.4) is 0 Å². The predicted octanol–water partition coefficient (Wildman–Crippen LogP) is 0.893. The van der Waals surface area contributed by atoms with E-state index in [-0.39, 0.29) is 18.5 Å². The highest BCUT2D eigenvalue weighted by Crippen LogP contribution is 2.12. The Hall–Kier alpha value is -1.46. The number of benzene rings is 1. The highest BCUT2D eigenvalue weighted by atomic mass is 19.1. The number of hydroxylamine groups is 1. The molecule has 0 saturated carbocycles. The Morgan fingerprint density at radius 1 is 1.53 bits per heavy atom. The topological polar surface area (TPSA) is 64.3 Å². The van der Waals surface area contributed by atoms with Gasteiger partial charge in [-0.1, -0.05) is 12.1 Å². The lowest BCUT2D eigenvalue weighted by Gasteiger charge is -2.13. The third kappa shape index (κ3) is 4.05. The fraction of sp³-hybridized carbons (Fsp3) is 0.300. The molecule has 0 aliphatic carbocycles. The SMILES string of the molecule is CC(NOCC(N)=O)c1ccc(F)cc1. The fourth-order valence-corrected chi connectivity index (χ4v) is 1.06. The lowest BCUT2D eigenvalue weighted by molar-refractivity contribution is -0.126. The molecule has 1 aromatic rings. The van der Waals surface area contributed by atoms with Crippen LogP contribution in [0.1, 0.15) is 18.5 Å². The van der Waals surface area contributed by atoms with Crippen LogP contribution in [-0.2, 0) is 9.63 Å². The summed E-state index contributed by atoms with van der Waals surface area (Å²) in [5.41, 5.74) is 8.37. The van der Waals surface area contributed by atoms with Crippen molar-refractivity contribution in [2.45, 2.75) is 13.0 Å². The first-order chi connectivity index (χ1) is 7.09. The number of nitrogens with two attached hydrogens (primary N) is 1. The minimum absolute atomic E-state index is 0.134. The summed E-state index contributed by atoms with van der Waals surface area (Å²) in [4.78, 5) is 15.2. The Labute approximate surface area is 87.2 Å². The van der Waals surface area contributed by atoms with Crippen molar-refractivity contribution >= 4 is 5.91 Å². The average Bonchev–Trinajstić information content (AvgIpc) is 2.18. The molecule has 0 saturated heterocycles. The number of rotatable bonds is 5. The van der Waals surface area contributed by atoms with Crippen LogP contribution in [0, 0.1) is 5.82 Å². The number of primary amides is 1. The molecular formula is C10H13FN2O2. The lowest BCUT2D eigenvalue weighted by atomic mass is 10.1. The number of halogens is 1. The fourth-order valence-electron chi connectivity index (χ4n) is 1.06. The summed E-state index contributed by atoms with van der Waals surface area (Å²) in [6, 6.07) is 5.87. The Balaban J connectivity index is 2.43. The van der Waals surface area contributed by atoms with E-state index < -0.39 is 5.91 Å². The summed E-state index contributed by atoms with van der Waals surface area (Å²) in [7, 11) is 0. The van der Waals surface area contributed by atoms with Crippen molar-refractivity contribution in [1.29, 1.82) is 0 Å². The Morgan fingerprint density at radius 3 is 2.67 bits per heavy atom. The molecule has 0 aliphatic rings. The first-order valence-electron chi connectivity index (χ1n) is 4.50. The maximum atomic E-state index is 12.6. The van der Waals surface area contributed by atoms with Crippen molar-refractivity contribution in [3.8, 4) is 0 Å². The quantitative estimate of drug-likeness (QED) is 0.712. The zero-order valence-electron chi connectivity index (χ0n) is 8.37. The number of nitrogens with one attached hydrogen (secondary N) is 1. The molecule has 1 aromatic carbocycles. The van der Waals surface area contributed by atoms with E-state index in [0.717, 1.165) is 5.56 Å². The van der Waals surface area contributed by atoms with E-state index in [1.165, 1.54) is 12.1 Å². The van der Waals surface area contributed by atoms with Gasteiger partial charge >= 0.3 is 0 Å². The van der Waals surface area contributed by atoms with Crippen molar-refractivity contribution in [3.63, 3.8) is 0 Å². The van der Waals surface area contributed by atoms with Crippen LogP contribution in [0.15, 0.2) is 24.3 Å². The van der Waals surface area contributed by atoms with Gasteiger partial charge in [-0.15, -0.1) is 0 Å². The Bertz CT molecular complexity index is 327. The van der Waals surface area contributed by atoms with Gasteiger partial charge < -0.3 is 5.73 Å². The highest BCUT2D eigenvalue weighted by molar-refractivity contribution is 5.74. The van der Waals surface area contributed by atoms with Crippen LogP contribution >= 0.6 is 0 Å². The van der Waals surface area contributed by atoms with Gasteiger partial charge in [0, 0.05) is 0 Å². The number of carbonyl (C=O) groups is 1. The first kappa shape index (κ1) is 11.6. The van der Waals surface area contributed by atoms with Gasteiger partial charge in [-0.25, -0.2) is 4.39 Å². The van der Waals surface area contributed by atoms with E-state index in [1.54, 1.807) is 12.1 Å². The third-order valence-electron chi connectivity index (χ3n) is 1.84. The molecule has 3 N–H and O–H groups in total. The van der Waals surface area contributed by atoms with Gasteiger partial charge in [-0.05, 0) is 24.6 Å². The third-order valence-corrected chi connectivity index (χ3v) is 1.84. The van der Waals surface area contributed by atoms with Crippen LogP contribution in [0.4, 0.5) is 4.39 Å². The summed E-state index contributed by atoms with van der Waals surface area (Å²) in [6.07, 6.45) is 0. The van der Waals surface area contributed by atoms with Crippen molar-refractivity contribution in [3.05, 3.63) is 35.6 Å². The standard InChI is InChI=1S/C10H13FN2O2/c1-7(13-15-6-10(12)14)8-2-4-9(11)5-3-8/h2-5,7,13H,6H2,1H3,(H2,12,14). The zero-order chi connectivity index (χ0) is 11.3. The van der Waals surface area contributed by atoms with E-state index in [0.29, 0.717) is 0 Å². The average molecular weight is 212 g/mol.